The van der Waals surface area contributed by atoms with E-state index in [-0.39, 0.29) is 5.91 Å². The van der Waals surface area contributed by atoms with Crippen molar-refractivity contribution >= 4 is 11.6 Å². The van der Waals surface area contributed by atoms with Crippen molar-refractivity contribution in [3.8, 4) is 17.0 Å². The smallest absolute Gasteiger partial charge is 0.289 e. The van der Waals surface area contributed by atoms with Crippen LogP contribution < -0.4 is 10.2 Å². The van der Waals surface area contributed by atoms with Crippen molar-refractivity contribution in [2.45, 2.75) is 52.4 Å². The Kier molecular flexibility index (Phi) is 9.05. The molecule has 6 nitrogen and oxygen atoms in total. The highest BCUT2D eigenvalue weighted by Gasteiger charge is 2.11. The van der Waals surface area contributed by atoms with E-state index in [1.165, 1.54) is 32.1 Å². The molecular formula is C26H32N4O2. The third-order valence-corrected chi connectivity index (χ3v) is 5.26. The molecule has 3 aromatic rings. The summed E-state index contributed by atoms with van der Waals surface area (Å²) in [6.07, 6.45) is 7.48. The molecule has 0 fully saturated rings. The number of aromatic nitrogens is 2. The number of rotatable bonds is 12. The number of aromatic amines is 1. The summed E-state index contributed by atoms with van der Waals surface area (Å²) < 4.78 is 5.83. The molecule has 0 spiro atoms. The second kappa shape index (κ2) is 12.4. The number of benzene rings is 2. The van der Waals surface area contributed by atoms with E-state index in [0.29, 0.717) is 11.4 Å². The predicted molar refractivity (Wildman–Crippen MR) is 129 cm³/mol. The van der Waals surface area contributed by atoms with Crippen molar-refractivity contribution < 1.29 is 9.53 Å². The number of hydrogen-bond donors (Lipinski definition) is 2. The lowest BCUT2D eigenvalue weighted by molar-refractivity contribution is 0.0950. The number of hydrazone groups is 1. The minimum absolute atomic E-state index is 0.335. The molecule has 0 saturated carbocycles. The molecule has 0 aliphatic heterocycles. The Labute approximate surface area is 190 Å². The largest absolute Gasteiger partial charge is 0.494 e. The number of nitrogens with one attached hydrogen (secondary N) is 2. The van der Waals surface area contributed by atoms with Gasteiger partial charge in [-0.25, -0.2) is 5.43 Å². The van der Waals surface area contributed by atoms with E-state index in [1.807, 2.05) is 61.5 Å². The quantitative estimate of drug-likeness (QED) is 0.210. The van der Waals surface area contributed by atoms with Gasteiger partial charge in [-0.1, -0.05) is 69.4 Å². The SMILES string of the molecule is CCCCCCCCOc1ccc(-c2cc(C(=O)N/N=C(\C)c3ccccc3)[nH]n2)cc1. The Hall–Kier alpha value is -3.41. The fourth-order valence-electron chi connectivity index (χ4n) is 3.32. The van der Waals surface area contributed by atoms with Crippen LogP contribution in [0.5, 0.6) is 5.75 Å². The number of H-pyrrole nitrogens is 1. The Morgan fingerprint density at radius 2 is 1.72 bits per heavy atom. The minimum atomic E-state index is -0.335. The topological polar surface area (TPSA) is 79.4 Å². The summed E-state index contributed by atoms with van der Waals surface area (Å²) in [6.45, 7) is 4.82. The van der Waals surface area contributed by atoms with Crippen molar-refractivity contribution in [1.82, 2.24) is 15.6 Å². The first-order valence-electron chi connectivity index (χ1n) is 11.4. The number of nitrogens with zero attached hydrogens (tertiary/aromatic N) is 2. The van der Waals surface area contributed by atoms with Gasteiger partial charge in [-0.05, 0) is 49.2 Å². The average molecular weight is 433 g/mol. The predicted octanol–water partition coefficient (Wildman–Crippen LogP) is 5.97. The van der Waals surface area contributed by atoms with E-state index < -0.39 is 0 Å². The molecule has 2 N–H and O–H groups in total. The second-order valence-electron chi connectivity index (χ2n) is 7.81. The van der Waals surface area contributed by atoms with E-state index in [4.69, 9.17) is 4.74 Å². The normalized spacial score (nSPS) is 11.4. The van der Waals surface area contributed by atoms with Gasteiger partial charge >= 0.3 is 0 Å². The number of unbranched alkanes of at least 4 members (excludes halogenated alkanes) is 5. The molecule has 0 aliphatic carbocycles. The average Bonchev–Trinajstić information content (AvgIpc) is 3.33. The van der Waals surface area contributed by atoms with Gasteiger partial charge in [0.1, 0.15) is 11.4 Å². The first kappa shape index (κ1) is 23.3. The van der Waals surface area contributed by atoms with Gasteiger partial charge in [0.15, 0.2) is 0 Å². The molecular weight excluding hydrogens is 400 g/mol. The van der Waals surface area contributed by atoms with Crippen molar-refractivity contribution in [2.75, 3.05) is 6.61 Å². The summed E-state index contributed by atoms with van der Waals surface area (Å²) in [5.41, 5.74) is 6.22. The molecule has 1 amide bonds. The summed E-state index contributed by atoms with van der Waals surface area (Å²) in [5, 5.41) is 11.2. The third-order valence-electron chi connectivity index (χ3n) is 5.26. The maximum absolute atomic E-state index is 12.4. The van der Waals surface area contributed by atoms with Gasteiger partial charge in [-0.3, -0.25) is 9.89 Å². The monoisotopic (exact) mass is 432 g/mol. The van der Waals surface area contributed by atoms with E-state index >= 15 is 0 Å². The number of carbonyl (C=O) groups excluding carboxylic acids is 1. The number of carbonyl (C=O) groups is 1. The molecule has 0 saturated heterocycles. The van der Waals surface area contributed by atoms with Gasteiger partial charge in [0, 0.05) is 5.56 Å². The first-order chi connectivity index (χ1) is 15.7. The van der Waals surface area contributed by atoms with Crippen molar-refractivity contribution in [2.24, 2.45) is 5.10 Å². The van der Waals surface area contributed by atoms with Crippen molar-refractivity contribution in [1.29, 1.82) is 0 Å². The molecule has 6 heteroatoms. The van der Waals surface area contributed by atoms with Crippen LogP contribution >= 0.6 is 0 Å². The highest BCUT2D eigenvalue weighted by Crippen LogP contribution is 2.21. The fourth-order valence-corrected chi connectivity index (χ4v) is 3.32. The first-order valence-corrected chi connectivity index (χ1v) is 11.4. The third kappa shape index (κ3) is 7.08. The van der Waals surface area contributed by atoms with Gasteiger partial charge in [-0.15, -0.1) is 0 Å². The van der Waals surface area contributed by atoms with Crippen LogP contribution in [0, 0.1) is 0 Å². The van der Waals surface area contributed by atoms with Crippen molar-refractivity contribution in [3.05, 3.63) is 71.9 Å². The molecule has 0 unspecified atom stereocenters. The summed E-state index contributed by atoms with van der Waals surface area (Å²) in [6, 6.07) is 19.2. The van der Waals surface area contributed by atoms with E-state index in [1.54, 1.807) is 6.07 Å². The van der Waals surface area contributed by atoms with Gasteiger partial charge in [0.25, 0.3) is 5.91 Å². The van der Waals surface area contributed by atoms with Gasteiger partial charge < -0.3 is 4.74 Å². The van der Waals surface area contributed by atoms with Crippen LogP contribution in [0.1, 0.15) is 68.4 Å². The fraction of sp³-hybridized carbons (Fsp3) is 0.346. The molecule has 32 heavy (non-hydrogen) atoms. The zero-order chi connectivity index (χ0) is 22.6. The van der Waals surface area contributed by atoms with Crippen LogP contribution in [0.2, 0.25) is 0 Å². The standard InChI is InChI=1S/C26H32N4O2/c1-3-4-5-6-7-11-18-32-23-16-14-22(15-17-23)24-19-25(29-28-24)26(31)30-27-20(2)21-12-9-8-10-13-21/h8-10,12-17,19H,3-7,11,18H2,1-2H3,(H,28,29)(H,30,31)/b27-20+. The molecule has 0 atom stereocenters. The molecule has 1 heterocycles. The Morgan fingerprint density at radius 3 is 2.47 bits per heavy atom. The lowest BCUT2D eigenvalue weighted by atomic mass is 10.1. The number of hydrogen-bond acceptors (Lipinski definition) is 4. The van der Waals surface area contributed by atoms with E-state index in [9.17, 15) is 4.79 Å². The molecule has 168 valence electrons. The van der Waals surface area contributed by atoms with Crippen LogP contribution in [0.4, 0.5) is 0 Å². The zero-order valence-corrected chi connectivity index (χ0v) is 18.9. The minimum Gasteiger partial charge on any atom is -0.494 e. The summed E-state index contributed by atoms with van der Waals surface area (Å²) in [7, 11) is 0. The molecule has 0 bridgehead atoms. The van der Waals surface area contributed by atoms with E-state index in [0.717, 1.165) is 35.6 Å². The van der Waals surface area contributed by atoms with Gasteiger partial charge in [-0.2, -0.15) is 10.2 Å². The molecule has 1 aromatic heterocycles. The second-order valence-corrected chi connectivity index (χ2v) is 7.81. The van der Waals surface area contributed by atoms with Crippen LogP contribution in [0.15, 0.2) is 65.8 Å². The van der Waals surface area contributed by atoms with Crippen LogP contribution in [-0.4, -0.2) is 28.4 Å². The highest BCUT2D eigenvalue weighted by molar-refractivity contribution is 6.00. The number of amides is 1. The zero-order valence-electron chi connectivity index (χ0n) is 18.9. The Balaban J connectivity index is 1.49. The summed E-state index contributed by atoms with van der Waals surface area (Å²) in [4.78, 5) is 12.4. The molecule has 3 rings (SSSR count). The van der Waals surface area contributed by atoms with Gasteiger partial charge in [0.05, 0.1) is 18.0 Å². The lowest BCUT2D eigenvalue weighted by Gasteiger charge is -2.06. The van der Waals surface area contributed by atoms with E-state index in [2.05, 4.69) is 27.6 Å². The molecule has 0 aliphatic rings. The van der Waals surface area contributed by atoms with Crippen molar-refractivity contribution in [3.63, 3.8) is 0 Å². The molecule has 0 radical (unpaired) electrons. The maximum atomic E-state index is 12.4. The summed E-state index contributed by atoms with van der Waals surface area (Å²) in [5.74, 6) is 0.513. The maximum Gasteiger partial charge on any atom is 0.289 e. The Morgan fingerprint density at radius 1 is 1.00 bits per heavy atom. The lowest BCUT2D eigenvalue weighted by Crippen LogP contribution is -2.19. The number of ether oxygens (including phenoxy) is 1. The Bertz CT molecular complexity index is 994. The summed E-state index contributed by atoms with van der Waals surface area (Å²) >= 11 is 0. The van der Waals surface area contributed by atoms with Crippen LogP contribution in [-0.2, 0) is 0 Å². The highest BCUT2D eigenvalue weighted by atomic mass is 16.5. The van der Waals surface area contributed by atoms with Gasteiger partial charge in [0.2, 0.25) is 0 Å². The molecule has 2 aromatic carbocycles. The van der Waals surface area contributed by atoms with Crippen LogP contribution in [0.25, 0.3) is 11.3 Å². The van der Waals surface area contributed by atoms with Crippen LogP contribution in [0.3, 0.4) is 0 Å².